The van der Waals surface area contributed by atoms with Gasteiger partial charge < -0.3 is 10.1 Å². The lowest BCUT2D eigenvalue weighted by Gasteiger charge is -2.12. The maximum absolute atomic E-state index is 5.32. The van der Waals surface area contributed by atoms with Crippen LogP contribution in [0.1, 0.15) is 11.3 Å². The number of methoxy groups -OCH3 is 1. The molecule has 1 N–H and O–H groups in total. The minimum absolute atomic E-state index is 0.680. The van der Waals surface area contributed by atoms with Crippen LogP contribution in [-0.2, 0) is 6.54 Å². The van der Waals surface area contributed by atoms with Gasteiger partial charge in [-0.15, -0.1) is 0 Å². The van der Waals surface area contributed by atoms with Gasteiger partial charge in [0, 0.05) is 10.7 Å². The van der Waals surface area contributed by atoms with Gasteiger partial charge in [0.2, 0.25) is 0 Å². The first-order chi connectivity index (χ1) is 8.70. The summed E-state index contributed by atoms with van der Waals surface area (Å²) in [4.78, 5) is 4.36. The fraction of sp³-hybridized carbons (Fsp3) is 0.214. The normalized spacial score (nSPS) is 10.2. The summed E-state index contributed by atoms with van der Waals surface area (Å²) in [5.41, 5.74) is 3.18. The van der Waals surface area contributed by atoms with Gasteiger partial charge in [-0.05, 0) is 36.8 Å². The van der Waals surface area contributed by atoms with Gasteiger partial charge in [0.15, 0.2) is 0 Å². The van der Waals surface area contributed by atoms with Crippen LogP contribution in [0.15, 0.2) is 41.0 Å². The molecule has 4 heteroatoms. The summed E-state index contributed by atoms with van der Waals surface area (Å²) < 4.78 is 6.33. The Morgan fingerprint density at radius 2 is 2.17 bits per heavy atom. The number of ether oxygens (including phenoxy) is 1. The highest BCUT2D eigenvalue weighted by Crippen LogP contribution is 2.28. The van der Waals surface area contributed by atoms with Gasteiger partial charge in [-0.3, -0.25) is 4.98 Å². The summed E-state index contributed by atoms with van der Waals surface area (Å²) in [6.07, 6.45) is 1.81. The lowest BCUT2D eigenvalue weighted by Crippen LogP contribution is -2.04. The molecule has 18 heavy (non-hydrogen) atoms. The number of anilines is 1. The SMILES string of the molecule is COc1ccc(Br)cc1NCc1ncccc1C. The summed E-state index contributed by atoms with van der Waals surface area (Å²) in [6, 6.07) is 9.88. The molecule has 0 radical (unpaired) electrons. The fourth-order valence-corrected chi connectivity index (χ4v) is 2.06. The van der Waals surface area contributed by atoms with Crippen molar-refractivity contribution < 1.29 is 4.74 Å². The van der Waals surface area contributed by atoms with Crippen LogP contribution < -0.4 is 10.1 Å². The smallest absolute Gasteiger partial charge is 0.142 e. The van der Waals surface area contributed by atoms with Crippen LogP contribution in [-0.4, -0.2) is 12.1 Å². The molecule has 2 rings (SSSR count). The predicted octanol–water partition coefficient (Wildman–Crippen LogP) is 3.77. The fourth-order valence-electron chi connectivity index (χ4n) is 1.70. The van der Waals surface area contributed by atoms with E-state index in [1.54, 1.807) is 7.11 Å². The van der Waals surface area contributed by atoms with Crippen LogP contribution >= 0.6 is 15.9 Å². The third kappa shape index (κ3) is 3.01. The van der Waals surface area contributed by atoms with Gasteiger partial charge in [-0.25, -0.2) is 0 Å². The summed E-state index contributed by atoms with van der Waals surface area (Å²) in [5, 5.41) is 3.34. The van der Waals surface area contributed by atoms with Gasteiger partial charge in [-0.1, -0.05) is 22.0 Å². The van der Waals surface area contributed by atoms with E-state index >= 15 is 0 Å². The van der Waals surface area contributed by atoms with Gasteiger partial charge in [0.05, 0.1) is 25.0 Å². The summed E-state index contributed by atoms with van der Waals surface area (Å²) in [7, 11) is 1.67. The molecule has 0 aliphatic carbocycles. The van der Waals surface area contributed by atoms with Gasteiger partial charge >= 0.3 is 0 Å². The van der Waals surface area contributed by atoms with Crippen molar-refractivity contribution in [2.75, 3.05) is 12.4 Å². The van der Waals surface area contributed by atoms with Crippen LogP contribution in [0.25, 0.3) is 0 Å². The second kappa shape index (κ2) is 5.87. The second-order valence-corrected chi connectivity index (χ2v) is 4.88. The molecule has 0 unspecified atom stereocenters. The van der Waals surface area contributed by atoms with Gasteiger partial charge in [0.25, 0.3) is 0 Å². The molecular weight excluding hydrogens is 292 g/mol. The largest absolute Gasteiger partial charge is 0.495 e. The molecule has 0 aliphatic heterocycles. The lowest BCUT2D eigenvalue weighted by molar-refractivity contribution is 0.416. The van der Waals surface area contributed by atoms with Crippen molar-refractivity contribution in [1.29, 1.82) is 0 Å². The number of pyridine rings is 1. The van der Waals surface area contributed by atoms with E-state index in [4.69, 9.17) is 4.74 Å². The van der Waals surface area contributed by atoms with Gasteiger partial charge in [-0.2, -0.15) is 0 Å². The van der Waals surface area contributed by atoms with Crippen molar-refractivity contribution in [3.8, 4) is 5.75 Å². The maximum Gasteiger partial charge on any atom is 0.142 e. The Morgan fingerprint density at radius 1 is 1.33 bits per heavy atom. The van der Waals surface area contributed by atoms with Crippen LogP contribution in [0.2, 0.25) is 0 Å². The van der Waals surface area contributed by atoms with E-state index in [1.807, 2.05) is 30.5 Å². The van der Waals surface area contributed by atoms with E-state index in [0.717, 1.165) is 21.6 Å². The van der Waals surface area contributed by atoms with Gasteiger partial charge in [0.1, 0.15) is 5.75 Å². The highest BCUT2D eigenvalue weighted by Gasteiger charge is 2.04. The summed E-state index contributed by atoms with van der Waals surface area (Å²) >= 11 is 3.46. The van der Waals surface area contributed by atoms with Crippen molar-refractivity contribution in [3.63, 3.8) is 0 Å². The lowest BCUT2D eigenvalue weighted by atomic mass is 10.2. The molecule has 0 bridgehead atoms. The Bertz CT molecular complexity index is 543. The highest BCUT2D eigenvalue weighted by atomic mass is 79.9. The van der Waals surface area contributed by atoms with E-state index in [2.05, 4.69) is 39.2 Å². The monoisotopic (exact) mass is 306 g/mol. The molecule has 94 valence electrons. The Labute approximate surface area is 115 Å². The quantitative estimate of drug-likeness (QED) is 0.933. The minimum atomic E-state index is 0.680. The van der Waals surface area contributed by atoms with E-state index in [1.165, 1.54) is 5.56 Å². The number of halogens is 1. The van der Waals surface area contributed by atoms with Crippen LogP contribution in [0.5, 0.6) is 5.75 Å². The molecule has 0 spiro atoms. The third-order valence-corrected chi connectivity index (χ3v) is 3.22. The van der Waals surface area contributed by atoms with Crippen LogP contribution in [0, 0.1) is 6.92 Å². The molecule has 3 nitrogen and oxygen atoms in total. The zero-order chi connectivity index (χ0) is 13.0. The Morgan fingerprint density at radius 3 is 2.89 bits per heavy atom. The summed E-state index contributed by atoms with van der Waals surface area (Å²) in [6.45, 7) is 2.74. The first-order valence-corrected chi connectivity index (χ1v) is 6.48. The zero-order valence-corrected chi connectivity index (χ0v) is 12.0. The van der Waals surface area contributed by atoms with Crippen molar-refractivity contribution in [3.05, 3.63) is 52.3 Å². The average molecular weight is 307 g/mol. The molecule has 1 heterocycles. The molecule has 0 fully saturated rings. The zero-order valence-electron chi connectivity index (χ0n) is 10.4. The standard InChI is InChI=1S/C14H15BrN2O/c1-10-4-3-7-16-13(10)9-17-12-8-11(15)5-6-14(12)18-2/h3-8,17H,9H2,1-2H3. The molecule has 0 atom stereocenters. The number of hydrogen-bond donors (Lipinski definition) is 1. The van der Waals surface area contributed by atoms with E-state index in [0.29, 0.717) is 6.54 Å². The predicted molar refractivity (Wildman–Crippen MR) is 77.0 cm³/mol. The Balaban J connectivity index is 2.15. The molecular formula is C14H15BrN2O. The maximum atomic E-state index is 5.32. The van der Waals surface area contributed by atoms with E-state index in [9.17, 15) is 0 Å². The number of nitrogens with one attached hydrogen (secondary N) is 1. The number of aryl methyl sites for hydroxylation is 1. The van der Waals surface area contributed by atoms with Crippen molar-refractivity contribution >= 4 is 21.6 Å². The highest BCUT2D eigenvalue weighted by molar-refractivity contribution is 9.10. The van der Waals surface area contributed by atoms with E-state index in [-0.39, 0.29) is 0 Å². The van der Waals surface area contributed by atoms with Crippen LogP contribution in [0.3, 0.4) is 0 Å². The number of hydrogen-bond acceptors (Lipinski definition) is 3. The molecule has 0 saturated carbocycles. The number of nitrogens with zero attached hydrogens (tertiary/aromatic N) is 1. The van der Waals surface area contributed by atoms with Crippen molar-refractivity contribution in [2.24, 2.45) is 0 Å². The summed E-state index contributed by atoms with van der Waals surface area (Å²) in [5.74, 6) is 0.826. The van der Waals surface area contributed by atoms with E-state index < -0.39 is 0 Å². The molecule has 0 amide bonds. The first-order valence-electron chi connectivity index (χ1n) is 5.68. The Kier molecular flexibility index (Phi) is 4.20. The Hall–Kier alpha value is -1.55. The molecule has 0 aliphatic rings. The van der Waals surface area contributed by atoms with Crippen molar-refractivity contribution in [2.45, 2.75) is 13.5 Å². The molecule has 1 aromatic heterocycles. The second-order valence-electron chi connectivity index (χ2n) is 3.97. The average Bonchev–Trinajstić information content (AvgIpc) is 2.38. The molecule has 1 aromatic carbocycles. The minimum Gasteiger partial charge on any atom is -0.495 e. The van der Waals surface area contributed by atoms with Crippen molar-refractivity contribution in [1.82, 2.24) is 4.98 Å². The topological polar surface area (TPSA) is 34.1 Å². The number of benzene rings is 1. The number of rotatable bonds is 4. The first kappa shape index (κ1) is 12.9. The molecule has 2 aromatic rings. The number of aromatic nitrogens is 1. The molecule has 0 saturated heterocycles. The van der Waals surface area contributed by atoms with Crippen LogP contribution in [0.4, 0.5) is 5.69 Å². The third-order valence-electron chi connectivity index (χ3n) is 2.73.